The van der Waals surface area contributed by atoms with Gasteiger partial charge in [-0.15, -0.1) is 0 Å². The summed E-state index contributed by atoms with van der Waals surface area (Å²) in [6, 6.07) is 9.61. The molecule has 0 spiro atoms. The summed E-state index contributed by atoms with van der Waals surface area (Å²) in [6.07, 6.45) is 3.34. The summed E-state index contributed by atoms with van der Waals surface area (Å²) in [4.78, 5) is 13.6. The highest BCUT2D eigenvalue weighted by atomic mass is 16.1. The zero-order valence-corrected chi connectivity index (χ0v) is 11.0. The van der Waals surface area contributed by atoms with Crippen molar-refractivity contribution in [2.24, 2.45) is 0 Å². The Balaban J connectivity index is 1.82. The summed E-state index contributed by atoms with van der Waals surface area (Å²) in [7, 11) is 2.18. The molecule has 1 saturated carbocycles. The third kappa shape index (κ3) is 1.78. The van der Waals surface area contributed by atoms with Gasteiger partial charge in [-0.05, 0) is 30.9 Å². The molecule has 1 fully saturated rings. The summed E-state index contributed by atoms with van der Waals surface area (Å²) in [6.45, 7) is 1.61. The summed E-state index contributed by atoms with van der Waals surface area (Å²) >= 11 is 0. The van der Waals surface area contributed by atoms with Crippen LogP contribution < -0.4 is 10.2 Å². The zero-order chi connectivity index (χ0) is 12.7. The van der Waals surface area contributed by atoms with E-state index in [0.29, 0.717) is 18.0 Å². The molecule has 18 heavy (non-hydrogen) atoms. The number of para-hydroxylation sites is 1. The maximum atomic E-state index is 11.2. The molecule has 1 aromatic rings. The fraction of sp³-hybridized carbons (Fsp3) is 0.533. The van der Waals surface area contributed by atoms with Crippen molar-refractivity contribution in [2.45, 2.75) is 44.2 Å². The second-order valence-corrected chi connectivity index (χ2v) is 5.55. The molecule has 1 aromatic carbocycles. The highest BCUT2D eigenvalue weighted by Crippen LogP contribution is 2.46. The topological polar surface area (TPSA) is 32.3 Å². The van der Waals surface area contributed by atoms with Crippen LogP contribution in [0.15, 0.2) is 24.3 Å². The highest BCUT2D eigenvalue weighted by Gasteiger charge is 2.40. The van der Waals surface area contributed by atoms with E-state index in [2.05, 4.69) is 41.5 Å². The molecule has 3 nitrogen and oxygen atoms in total. The predicted octanol–water partition coefficient (Wildman–Crippen LogP) is 2.28. The van der Waals surface area contributed by atoms with Gasteiger partial charge < -0.3 is 10.2 Å². The molecular formula is C15H20N2O. The Morgan fingerprint density at radius 2 is 2.11 bits per heavy atom. The van der Waals surface area contributed by atoms with E-state index < -0.39 is 0 Å². The molecule has 3 rings (SSSR count). The van der Waals surface area contributed by atoms with Crippen molar-refractivity contribution < 1.29 is 4.79 Å². The van der Waals surface area contributed by atoms with Crippen molar-refractivity contribution in [1.29, 1.82) is 0 Å². The van der Waals surface area contributed by atoms with Crippen LogP contribution in [0.5, 0.6) is 0 Å². The number of carbonyl (C=O) groups excluding carboxylic acids is 1. The molecule has 1 heterocycles. The van der Waals surface area contributed by atoms with Gasteiger partial charge in [0.15, 0.2) is 0 Å². The molecule has 0 radical (unpaired) electrons. The normalized spacial score (nSPS) is 29.7. The number of benzene rings is 1. The van der Waals surface area contributed by atoms with Crippen molar-refractivity contribution in [3.63, 3.8) is 0 Å². The molecule has 0 aromatic heterocycles. The number of likely N-dealkylation sites (N-methyl/N-ethyl adjacent to an activating group) is 1. The van der Waals surface area contributed by atoms with Crippen molar-refractivity contribution in [3.8, 4) is 0 Å². The molecule has 3 unspecified atom stereocenters. The molecule has 2 aliphatic rings. The van der Waals surface area contributed by atoms with Crippen molar-refractivity contribution >= 4 is 11.6 Å². The molecule has 0 bridgehead atoms. The number of rotatable bonds is 1. The quantitative estimate of drug-likeness (QED) is 0.822. The van der Waals surface area contributed by atoms with Gasteiger partial charge in [0.25, 0.3) is 0 Å². The van der Waals surface area contributed by atoms with Crippen LogP contribution in [0.25, 0.3) is 0 Å². The zero-order valence-electron chi connectivity index (χ0n) is 11.0. The Morgan fingerprint density at radius 1 is 1.33 bits per heavy atom. The first-order valence-electron chi connectivity index (χ1n) is 6.75. The summed E-state index contributed by atoms with van der Waals surface area (Å²) in [5.74, 6) is 0.743. The lowest BCUT2D eigenvalue weighted by Crippen LogP contribution is -2.44. The van der Waals surface area contributed by atoms with Crippen LogP contribution in [0.3, 0.4) is 0 Å². The number of nitrogens with one attached hydrogen (secondary N) is 1. The monoisotopic (exact) mass is 244 g/mol. The van der Waals surface area contributed by atoms with Crippen LogP contribution in [-0.2, 0) is 4.79 Å². The fourth-order valence-corrected chi connectivity index (χ4v) is 3.66. The van der Waals surface area contributed by atoms with Crippen LogP contribution in [0, 0.1) is 0 Å². The molecule has 1 aliphatic heterocycles. The van der Waals surface area contributed by atoms with Gasteiger partial charge >= 0.3 is 0 Å². The minimum absolute atomic E-state index is 0.0941. The number of hydrogen-bond acceptors (Lipinski definition) is 2. The average Bonchev–Trinajstić information content (AvgIpc) is 2.63. The number of amides is 1. The van der Waals surface area contributed by atoms with Gasteiger partial charge in [-0.2, -0.15) is 0 Å². The first-order chi connectivity index (χ1) is 8.66. The minimum Gasteiger partial charge on any atom is -0.371 e. The Kier molecular flexibility index (Phi) is 2.77. The fourth-order valence-electron chi connectivity index (χ4n) is 3.66. The molecule has 1 amide bonds. The maximum absolute atomic E-state index is 11.2. The van der Waals surface area contributed by atoms with Crippen LogP contribution in [0.2, 0.25) is 0 Å². The van der Waals surface area contributed by atoms with Crippen molar-refractivity contribution in [1.82, 2.24) is 5.32 Å². The second kappa shape index (κ2) is 4.30. The van der Waals surface area contributed by atoms with Crippen LogP contribution in [-0.4, -0.2) is 25.0 Å². The molecule has 1 aliphatic carbocycles. The summed E-state index contributed by atoms with van der Waals surface area (Å²) in [5.41, 5.74) is 2.86. The Labute approximate surface area is 108 Å². The summed E-state index contributed by atoms with van der Waals surface area (Å²) in [5, 5.41) is 3.08. The van der Waals surface area contributed by atoms with E-state index in [4.69, 9.17) is 0 Å². The van der Waals surface area contributed by atoms with Crippen LogP contribution in [0.4, 0.5) is 5.69 Å². The van der Waals surface area contributed by atoms with Crippen molar-refractivity contribution in [2.75, 3.05) is 11.9 Å². The lowest BCUT2D eigenvalue weighted by Gasteiger charge is -2.35. The number of carbonyl (C=O) groups is 1. The first-order valence-corrected chi connectivity index (χ1v) is 6.75. The smallest absolute Gasteiger partial charge is 0.217 e. The van der Waals surface area contributed by atoms with Crippen molar-refractivity contribution in [3.05, 3.63) is 29.8 Å². The Hall–Kier alpha value is -1.51. The van der Waals surface area contributed by atoms with Crippen LogP contribution in [0.1, 0.15) is 37.7 Å². The Morgan fingerprint density at radius 3 is 2.89 bits per heavy atom. The van der Waals surface area contributed by atoms with Gasteiger partial charge in [0.2, 0.25) is 5.91 Å². The molecule has 3 atom stereocenters. The van der Waals surface area contributed by atoms with E-state index in [0.717, 1.165) is 12.8 Å². The van der Waals surface area contributed by atoms with E-state index in [1.807, 2.05) is 0 Å². The van der Waals surface area contributed by atoms with Gasteiger partial charge in [-0.1, -0.05) is 18.2 Å². The van der Waals surface area contributed by atoms with E-state index in [1.54, 1.807) is 6.92 Å². The van der Waals surface area contributed by atoms with Crippen LogP contribution >= 0.6 is 0 Å². The van der Waals surface area contributed by atoms with E-state index in [-0.39, 0.29) is 5.91 Å². The minimum atomic E-state index is 0.0941. The van der Waals surface area contributed by atoms with Gasteiger partial charge in [0, 0.05) is 37.7 Å². The van der Waals surface area contributed by atoms with Gasteiger partial charge in [0.1, 0.15) is 0 Å². The number of nitrogens with zero attached hydrogens (tertiary/aromatic N) is 1. The number of fused-ring (bicyclic) bond motifs is 3. The van der Waals surface area contributed by atoms with E-state index in [1.165, 1.54) is 17.7 Å². The SMILES string of the molecule is CC(=O)NC1CCC2c3ccccc3N(C)C2C1. The van der Waals surface area contributed by atoms with Gasteiger partial charge in [-0.25, -0.2) is 0 Å². The number of hydrogen-bond donors (Lipinski definition) is 1. The molecular weight excluding hydrogens is 224 g/mol. The first kappa shape index (κ1) is 11.6. The second-order valence-electron chi connectivity index (χ2n) is 5.55. The number of anilines is 1. The predicted molar refractivity (Wildman–Crippen MR) is 72.8 cm³/mol. The third-order valence-corrected chi connectivity index (χ3v) is 4.44. The highest BCUT2D eigenvalue weighted by molar-refractivity contribution is 5.73. The van der Waals surface area contributed by atoms with Gasteiger partial charge in [-0.3, -0.25) is 4.79 Å². The molecule has 0 saturated heterocycles. The standard InChI is InChI=1S/C15H20N2O/c1-10(18)16-11-7-8-13-12-5-3-4-6-14(12)17(2)15(13)9-11/h3-6,11,13,15H,7-9H2,1-2H3,(H,16,18). The third-order valence-electron chi connectivity index (χ3n) is 4.44. The lowest BCUT2D eigenvalue weighted by molar-refractivity contribution is -0.119. The van der Waals surface area contributed by atoms with Gasteiger partial charge in [0.05, 0.1) is 0 Å². The largest absolute Gasteiger partial charge is 0.371 e. The average molecular weight is 244 g/mol. The molecule has 3 heteroatoms. The Bertz CT molecular complexity index is 471. The lowest BCUT2D eigenvalue weighted by atomic mass is 9.80. The van der Waals surface area contributed by atoms with E-state index in [9.17, 15) is 4.79 Å². The maximum Gasteiger partial charge on any atom is 0.217 e. The summed E-state index contributed by atoms with van der Waals surface area (Å²) < 4.78 is 0. The van der Waals surface area contributed by atoms with E-state index >= 15 is 0 Å². The molecule has 96 valence electrons. The molecule has 1 N–H and O–H groups in total.